The highest BCUT2D eigenvalue weighted by molar-refractivity contribution is 5.94. The van der Waals surface area contributed by atoms with Crippen LogP contribution < -0.4 is 10.1 Å². The molecular formula is C25H30F2N2O4. The molecule has 8 heteroatoms. The second-order valence-corrected chi connectivity index (χ2v) is 8.28. The van der Waals surface area contributed by atoms with Crippen LogP contribution >= 0.6 is 0 Å². The lowest BCUT2D eigenvalue weighted by atomic mass is 9.86. The van der Waals surface area contributed by atoms with Gasteiger partial charge in [0, 0.05) is 44.0 Å². The summed E-state index contributed by atoms with van der Waals surface area (Å²) in [5.74, 6) is -0.677. The van der Waals surface area contributed by atoms with Crippen molar-refractivity contribution in [3.8, 4) is 5.75 Å². The molecule has 2 amide bonds. The number of benzene rings is 2. The van der Waals surface area contributed by atoms with Crippen molar-refractivity contribution < 1.29 is 27.8 Å². The third-order valence-corrected chi connectivity index (χ3v) is 6.07. The van der Waals surface area contributed by atoms with E-state index < -0.39 is 17.7 Å². The minimum absolute atomic E-state index is 0.0960. The fourth-order valence-corrected chi connectivity index (χ4v) is 4.07. The number of amides is 2. The summed E-state index contributed by atoms with van der Waals surface area (Å²) >= 11 is 0. The monoisotopic (exact) mass is 460 g/mol. The normalized spacial score (nSPS) is 15.2. The topological polar surface area (TPSA) is 67.9 Å². The van der Waals surface area contributed by atoms with Crippen LogP contribution in [0.1, 0.15) is 41.6 Å². The highest BCUT2D eigenvalue weighted by atomic mass is 19.1. The van der Waals surface area contributed by atoms with Crippen LogP contribution in [0.25, 0.3) is 0 Å². The van der Waals surface area contributed by atoms with Crippen LogP contribution in [0, 0.1) is 24.5 Å². The molecule has 1 aliphatic rings. The van der Waals surface area contributed by atoms with E-state index in [9.17, 15) is 18.4 Å². The number of likely N-dealkylation sites (tertiary alicyclic amines) is 1. The molecule has 1 fully saturated rings. The maximum atomic E-state index is 13.7. The molecule has 2 aromatic rings. The largest absolute Gasteiger partial charge is 0.415 e. The van der Waals surface area contributed by atoms with Crippen LogP contribution in [0.3, 0.4) is 0 Å². The fraction of sp³-hybridized carbons (Fsp3) is 0.440. The first-order chi connectivity index (χ1) is 15.9. The lowest BCUT2D eigenvalue weighted by molar-refractivity contribution is 0.0869. The lowest BCUT2D eigenvalue weighted by Crippen LogP contribution is -2.47. The van der Waals surface area contributed by atoms with Crippen LogP contribution in [0.2, 0.25) is 0 Å². The van der Waals surface area contributed by atoms with Crippen molar-refractivity contribution in [1.29, 1.82) is 0 Å². The summed E-state index contributed by atoms with van der Waals surface area (Å²) < 4.78 is 37.5. The molecule has 1 unspecified atom stereocenters. The zero-order valence-electron chi connectivity index (χ0n) is 19.0. The molecule has 6 nitrogen and oxygen atoms in total. The number of rotatable bonds is 8. The Morgan fingerprint density at radius 2 is 1.82 bits per heavy atom. The average molecular weight is 461 g/mol. The zero-order valence-corrected chi connectivity index (χ0v) is 19.0. The fourth-order valence-electron chi connectivity index (χ4n) is 4.07. The smallest absolute Gasteiger partial charge is 0.410 e. The molecule has 3 rings (SSSR count). The number of halogens is 2. The second kappa shape index (κ2) is 11.7. The number of nitrogens with zero attached hydrogens (tertiary/aromatic N) is 1. The van der Waals surface area contributed by atoms with Crippen molar-refractivity contribution in [2.24, 2.45) is 5.92 Å². The molecule has 1 N–H and O–H groups in total. The van der Waals surface area contributed by atoms with E-state index >= 15 is 0 Å². The maximum Gasteiger partial charge on any atom is 0.415 e. The van der Waals surface area contributed by atoms with E-state index in [1.54, 1.807) is 25.0 Å². The summed E-state index contributed by atoms with van der Waals surface area (Å²) in [4.78, 5) is 26.9. The average Bonchev–Trinajstić information content (AvgIpc) is 2.82. The van der Waals surface area contributed by atoms with Gasteiger partial charge in [0.1, 0.15) is 17.4 Å². The Morgan fingerprint density at radius 3 is 2.48 bits per heavy atom. The van der Waals surface area contributed by atoms with Crippen LogP contribution in [-0.2, 0) is 4.74 Å². The standard InChI is InChI=1S/C25H30F2N2O4/c1-17-21(27)5-3-7-23(17)33-25(31)29-14-12-18(13-15-29)22(6-4-16-32-2)28-24(30)19-8-10-20(26)11-9-19/h3,5,7-11,18,22H,4,6,12-16H2,1-2H3,(H,28,30). The number of methoxy groups -OCH3 is 1. The first-order valence-corrected chi connectivity index (χ1v) is 11.2. The Kier molecular flexibility index (Phi) is 8.77. The van der Waals surface area contributed by atoms with E-state index in [-0.39, 0.29) is 23.6 Å². The lowest BCUT2D eigenvalue weighted by Gasteiger charge is -2.36. The van der Waals surface area contributed by atoms with Crippen molar-refractivity contribution in [2.75, 3.05) is 26.8 Å². The predicted molar refractivity (Wildman–Crippen MR) is 120 cm³/mol. The number of hydrogen-bond acceptors (Lipinski definition) is 4. The van der Waals surface area contributed by atoms with Crippen molar-refractivity contribution in [3.63, 3.8) is 0 Å². The summed E-state index contributed by atoms with van der Waals surface area (Å²) in [5, 5.41) is 3.09. The number of ether oxygens (including phenoxy) is 2. The SMILES string of the molecule is COCCCC(NC(=O)c1ccc(F)cc1)C1CCN(C(=O)Oc2cccc(F)c2C)CC1. The molecule has 0 aliphatic carbocycles. The van der Waals surface area contributed by atoms with Gasteiger partial charge in [-0.15, -0.1) is 0 Å². The Morgan fingerprint density at radius 1 is 1.12 bits per heavy atom. The molecule has 0 radical (unpaired) electrons. The van der Waals surface area contributed by atoms with Gasteiger partial charge in [0.2, 0.25) is 0 Å². The van der Waals surface area contributed by atoms with Gasteiger partial charge in [-0.25, -0.2) is 13.6 Å². The van der Waals surface area contributed by atoms with E-state index in [4.69, 9.17) is 9.47 Å². The number of piperidine rings is 1. The molecule has 0 saturated carbocycles. The number of carbonyl (C=O) groups is 2. The maximum absolute atomic E-state index is 13.7. The summed E-state index contributed by atoms with van der Waals surface area (Å²) in [6.07, 6.45) is 2.40. The van der Waals surface area contributed by atoms with Crippen LogP contribution in [0.5, 0.6) is 5.75 Å². The summed E-state index contributed by atoms with van der Waals surface area (Å²) in [6, 6.07) is 9.75. The van der Waals surface area contributed by atoms with Crippen LogP contribution in [-0.4, -0.2) is 49.7 Å². The first kappa shape index (κ1) is 24.6. The van der Waals surface area contributed by atoms with Crippen molar-refractivity contribution in [1.82, 2.24) is 10.2 Å². The van der Waals surface area contributed by atoms with Crippen LogP contribution in [0.15, 0.2) is 42.5 Å². The number of hydrogen-bond donors (Lipinski definition) is 1. The van der Waals surface area contributed by atoms with Gasteiger partial charge < -0.3 is 19.7 Å². The summed E-state index contributed by atoms with van der Waals surface area (Å²) in [5.41, 5.74) is 0.696. The molecular weight excluding hydrogens is 430 g/mol. The zero-order chi connectivity index (χ0) is 23.8. The van der Waals surface area contributed by atoms with E-state index in [1.807, 2.05) is 0 Å². The predicted octanol–water partition coefficient (Wildman–Crippen LogP) is 4.71. The van der Waals surface area contributed by atoms with Gasteiger partial charge in [-0.3, -0.25) is 4.79 Å². The second-order valence-electron chi connectivity index (χ2n) is 8.28. The van der Waals surface area contributed by atoms with Gasteiger partial charge in [0.15, 0.2) is 0 Å². The van der Waals surface area contributed by atoms with Gasteiger partial charge in [0.25, 0.3) is 5.91 Å². The van der Waals surface area contributed by atoms with E-state index in [2.05, 4.69) is 5.32 Å². The van der Waals surface area contributed by atoms with E-state index in [1.165, 1.54) is 36.4 Å². The molecule has 178 valence electrons. The highest BCUT2D eigenvalue weighted by Gasteiger charge is 2.30. The van der Waals surface area contributed by atoms with Gasteiger partial charge in [-0.1, -0.05) is 6.07 Å². The molecule has 1 atom stereocenters. The Hall–Kier alpha value is -3.00. The first-order valence-electron chi connectivity index (χ1n) is 11.2. The molecule has 33 heavy (non-hydrogen) atoms. The number of carbonyl (C=O) groups excluding carboxylic acids is 2. The minimum Gasteiger partial charge on any atom is -0.410 e. The van der Waals surface area contributed by atoms with Gasteiger partial charge in [-0.05, 0) is 74.9 Å². The molecule has 1 heterocycles. The van der Waals surface area contributed by atoms with E-state index in [0.717, 1.165) is 12.8 Å². The molecule has 1 saturated heterocycles. The Bertz CT molecular complexity index is 944. The Balaban J connectivity index is 1.59. The van der Waals surface area contributed by atoms with Crippen molar-refractivity contribution >= 4 is 12.0 Å². The van der Waals surface area contributed by atoms with Crippen molar-refractivity contribution in [3.05, 3.63) is 65.2 Å². The van der Waals surface area contributed by atoms with Gasteiger partial charge >= 0.3 is 6.09 Å². The van der Waals surface area contributed by atoms with E-state index in [0.29, 0.717) is 43.7 Å². The third-order valence-electron chi connectivity index (χ3n) is 6.07. The summed E-state index contributed by atoms with van der Waals surface area (Å²) in [6.45, 7) is 3.11. The van der Waals surface area contributed by atoms with Crippen molar-refractivity contribution in [2.45, 2.75) is 38.6 Å². The molecule has 0 aromatic heterocycles. The number of nitrogens with one attached hydrogen (secondary N) is 1. The molecule has 1 aliphatic heterocycles. The Labute approximate surface area is 192 Å². The molecule has 0 spiro atoms. The van der Waals surface area contributed by atoms with Gasteiger partial charge in [0.05, 0.1) is 0 Å². The quantitative estimate of drug-likeness (QED) is 0.580. The molecule has 2 aromatic carbocycles. The highest BCUT2D eigenvalue weighted by Crippen LogP contribution is 2.26. The summed E-state index contributed by atoms with van der Waals surface area (Å²) in [7, 11) is 1.64. The third kappa shape index (κ3) is 6.74. The van der Waals surface area contributed by atoms with Crippen LogP contribution in [0.4, 0.5) is 13.6 Å². The minimum atomic E-state index is -0.506. The molecule has 0 bridgehead atoms. The van der Waals surface area contributed by atoms with Gasteiger partial charge in [-0.2, -0.15) is 0 Å².